The Morgan fingerprint density at radius 2 is 2.00 bits per heavy atom. The lowest BCUT2D eigenvalue weighted by Gasteiger charge is -2.38. The second-order valence-corrected chi connectivity index (χ2v) is 4.85. The molecule has 0 aromatic heterocycles. The first-order chi connectivity index (χ1) is 7.31. The van der Waals surface area contributed by atoms with Crippen molar-refractivity contribution < 1.29 is 4.79 Å². The van der Waals surface area contributed by atoms with Crippen LogP contribution < -0.4 is 5.32 Å². The van der Waals surface area contributed by atoms with Crippen LogP contribution in [0, 0.1) is 5.92 Å². The van der Waals surface area contributed by atoms with Crippen LogP contribution in [0.25, 0.3) is 0 Å². The van der Waals surface area contributed by atoms with Crippen molar-refractivity contribution in [1.82, 2.24) is 10.2 Å². The van der Waals surface area contributed by atoms with E-state index >= 15 is 0 Å². The molecular weight excluding hydrogens is 188 g/mol. The van der Waals surface area contributed by atoms with Crippen molar-refractivity contribution in [3.8, 4) is 0 Å². The molecule has 2 fully saturated rings. The van der Waals surface area contributed by atoms with Crippen molar-refractivity contribution >= 4 is 5.91 Å². The fourth-order valence-corrected chi connectivity index (χ4v) is 2.71. The molecule has 0 spiro atoms. The van der Waals surface area contributed by atoms with Crippen molar-refractivity contribution in [3.05, 3.63) is 0 Å². The number of amides is 1. The molecule has 1 saturated carbocycles. The van der Waals surface area contributed by atoms with Crippen molar-refractivity contribution in [1.29, 1.82) is 0 Å². The monoisotopic (exact) mass is 210 g/mol. The first-order valence-electron chi connectivity index (χ1n) is 6.31. The predicted molar refractivity (Wildman–Crippen MR) is 60.6 cm³/mol. The molecule has 1 amide bonds. The fraction of sp³-hybridized carbons (Fsp3) is 0.917. The summed E-state index contributed by atoms with van der Waals surface area (Å²) >= 11 is 0. The van der Waals surface area contributed by atoms with Gasteiger partial charge in [0, 0.05) is 26.1 Å². The second kappa shape index (κ2) is 4.97. The van der Waals surface area contributed by atoms with E-state index in [0.717, 1.165) is 26.1 Å². The molecule has 0 bridgehead atoms. The first-order valence-corrected chi connectivity index (χ1v) is 6.31. The van der Waals surface area contributed by atoms with E-state index in [9.17, 15) is 4.79 Å². The third-order valence-corrected chi connectivity index (χ3v) is 3.80. The molecule has 0 atom stereocenters. The molecule has 0 unspecified atom stereocenters. The summed E-state index contributed by atoms with van der Waals surface area (Å²) < 4.78 is 0. The zero-order valence-electron chi connectivity index (χ0n) is 9.67. The van der Waals surface area contributed by atoms with Gasteiger partial charge in [-0.2, -0.15) is 0 Å². The van der Waals surface area contributed by atoms with E-state index in [1.807, 2.05) is 0 Å². The van der Waals surface area contributed by atoms with Crippen LogP contribution in [0.5, 0.6) is 0 Å². The zero-order chi connectivity index (χ0) is 10.7. The molecule has 86 valence electrons. The average molecular weight is 210 g/mol. The van der Waals surface area contributed by atoms with E-state index in [1.165, 1.54) is 25.7 Å². The van der Waals surface area contributed by atoms with Gasteiger partial charge in [-0.05, 0) is 25.7 Å². The van der Waals surface area contributed by atoms with Gasteiger partial charge in [-0.3, -0.25) is 4.79 Å². The maximum Gasteiger partial charge on any atom is 0.223 e. The van der Waals surface area contributed by atoms with Crippen LogP contribution in [-0.4, -0.2) is 36.5 Å². The molecular formula is C12H22N2O. The van der Waals surface area contributed by atoms with Crippen LogP contribution in [-0.2, 0) is 4.79 Å². The Kier molecular flexibility index (Phi) is 3.62. The van der Waals surface area contributed by atoms with Crippen molar-refractivity contribution in [2.45, 2.75) is 45.1 Å². The maximum absolute atomic E-state index is 12.1. The zero-order valence-corrected chi connectivity index (χ0v) is 9.67. The molecule has 1 aliphatic heterocycles. The van der Waals surface area contributed by atoms with Crippen LogP contribution in [0.1, 0.15) is 39.0 Å². The Morgan fingerprint density at radius 3 is 2.47 bits per heavy atom. The molecule has 15 heavy (non-hydrogen) atoms. The Hall–Kier alpha value is -0.570. The van der Waals surface area contributed by atoms with Gasteiger partial charge in [0.05, 0.1) is 6.04 Å². The first kappa shape index (κ1) is 10.9. The van der Waals surface area contributed by atoms with E-state index in [1.54, 1.807) is 0 Å². The van der Waals surface area contributed by atoms with Gasteiger partial charge in [-0.1, -0.05) is 12.8 Å². The number of carbonyl (C=O) groups excluding carboxylic acids is 1. The smallest absolute Gasteiger partial charge is 0.223 e. The topological polar surface area (TPSA) is 32.3 Å². The highest BCUT2D eigenvalue weighted by Crippen LogP contribution is 2.28. The second-order valence-electron chi connectivity index (χ2n) is 4.85. The number of likely N-dealkylation sites (N-methyl/N-ethyl adjacent to an activating group) is 1. The molecule has 2 aliphatic rings. The molecule has 3 heteroatoms. The van der Waals surface area contributed by atoms with Crippen molar-refractivity contribution in [2.24, 2.45) is 5.92 Å². The van der Waals surface area contributed by atoms with Crippen LogP contribution >= 0.6 is 0 Å². The summed E-state index contributed by atoms with van der Waals surface area (Å²) in [7, 11) is 0. The van der Waals surface area contributed by atoms with Crippen LogP contribution in [0.3, 0.4) is 0 Å². The lowest BCUT2D eigenvalue weighted by molar-refractivity contribution is -0.135. The largest absolute Gasteiger partial charge is 0.337 e. The molecule has 3 nitrogen and oxygen atoms in total. The van der Waals surface area contributed by atoms with Gasteiger partial charge in [0.25, 0.3) is 0 Å². The van der Waals surface area contributed by atoms with Gasteiger partial charge < -0.3 is 10.2 Å². The SMILES string of the molecule is CCN(C(=O)CC1CCCC1)C1CNC1. The molecule has 1 heterocycles. The van der Waals surface area contributed by atoms with Gasteiger partial charge in [-0.25, -0.2) is 0 Å². The lowest BCUT2D eigenvalue weighted by atomic mass is 10.0. The van der Waals surface area contributed by atoms with E-state index in [-0.39, 0.29) is 0 Å². The Bertz CT molecular complexity index is 220. The lowest BCUT2D eigenvalue weighted by Crippen LogP contribution is -2.58. The summed E-state index contributed by atoms with van der Waals surface area (Å²) in [5.41, 5.74) is 0. The highest BCUT2D eigenvalue weighted by molar-refractivity contribution is 5.77. The van der Waals surface area contributed by atoms with Gasteiger partial charge in [0.15, 0.2) is 0 Å². The summed E-state index contributed by atoms with van der Waals surface area (Å²) in [6, 6.07) is 0.476. The van der Waals surface area contributed by atoms with Crippen LogP contribution in [0.4, 0.5) is 0 Å². The summed E-state index contributed by atoms with van der Waals surface area (Å²) in [5, 5.41) is 3.23. The number of nitrogens with one attached hydrogen (secondary N) is 1. The minimum atomic E-state index is 0.385. The van der Waals surface area contributed by atoms with Gasteiger partial charge in [0.1, 0.15) is 0 Å². The van der Waals surface area contributed by atoms with Crippen LogP contribution in [0.2, 0.25) is 0 Å². The normalized spacial score (nSPS) is 22.7. The quantitative estimate of drug-likeness (QED) is 0.760. The Morgan fingerprint density at radius 1 is 1.33 bits per heavy atom. The van der Waals surface area contributed by atoms with Gasteiger partial charge in [-0.15, -0.1) is 0 Å². The average Bonchev–Trinajstić information content (AvgIpc) is 2.63. The molecule has 1 N–H and O–H groups in total. The minimum absolute atomic E-state index is 0.385. The van der Waals surface area contributed by atoms with E-state index in [2.05, 4.69) is 17.1 Å². The molecule has 1 saturated heterocycles. The van der Waals surface area contributed by atoms with Crippen LogP contribution in [0.15, 0.2) is 0 Å². The van der Waals surface area contributed by atoms with Gasteiger partial charge in [0.2, 0.25) is 5.91 Å². The Balaban J connectivity index is 1.81. The molecule has 0 aromatic carbocycles. The maximum atomic E-state index is 12.1. The molecule has 1 aliphatic carbocycles. The predicted octanol–water partition coefficient (Wildman–Crippen LogP) is 1.39. The van der Waals surface area contributed by atoms with E-state index in [4.69, 9.17) is 0 Å². The molecule has 2 rings (SSSR count). The number of hydrogen-bond acceptors (Lipinski definition) is 2. The number of hydrogen-bond donors (Lipinski definition) is 1. The Labute approximate surface area is 92.2 Å². The fourth-order valence-electron chi connectivity index (χ4n) is 2.71. The summed E-state index contributed by atoms with van der Waals surface area (Å²) in [4.78, 5) is 14.1. The number of nitrogens with zero attached hydrogens (tertiary/aromatic N) is 1. The van der Waals surface area contributed by atoms with Crippen molar-refractivity contribution in [3.63, 3.8) is 0 Å². The minimum Gasteiger partial charge on any atom is -0.337 e. The third kappa shape index (κ3) is 2.51. The highest BCUT2D eigenvalue weighted by Gasteiger charge is 2.29. The summed E-state index contributed by atoms with van der Waals surface area (Å²) in [5.74, 6) is 1.07. The molecule has 0 aromatic rings. The highest BCUT2D eigenvalue weighted by atomic mass is 16.2. The van der Waals surface area contributed by atoms with Gasteiger partial charge >= 0.3 is 0 Å². The van der Waals surface area contributed by atoms with Crippen molar-refractivity contribution in [2.75, 3.05) is 19.6 Å². The standard InChI is InChI=1S/C12H22N2O/c1-2-14(11-8-13-9-11)12(15)7-10-5-3-4-6-10/h10-11,13H,2-9H2,1H3. The summed E-state index contributed by atoms with van der Waals surface area (Å²) in [6.07, 6.45) is 5.99. The number of rotatable bonds is 4. The van der Waals surface area contributed by atoms with E-state index in [0.29, 0.717) is 17.9 Å². The van der Waals surface area contributed by atoms with E-state index < -0.39 is 0 Å². The molecule has 0 radical (unpaired) electrons. The summed E-state index contributed by atoms with van der Waals surface area (Å²) in [6.45, 7) is 4.94. The third-order valence-electron chi connectivity index (χ3n) is 3.80. The number of carbonyl (C=O) groups is 1.